The molecule has 10 heteroatoms. The van der Waals surface area contributed by atoms with Gasteiger partial charge in [-0.3, -0.25) is 13.9 Å². The van der Waals surface area contributed by atoms with Crippen LogP contribution in [0.15, 0.2) is 77.7 Å². The Morgan fingerprint density at radius 3 is 2.25 bits per heavy atom. The summed E-state index contributed by atoms with van der Waals surface area (Å²) in [7, 11) is -4.21. The molecule has 3 aromatic rings. The minimum absolute atomic E-state index is 0.0229. The van der Waals surface area contributed by atoms with Gasteiger partial charge >= 0.3 is 0 Å². The van der Waals surface area contributed by atoms with Gasteiger partial charge in [-0.1, -0.05) is 60.3 Å². The molecule has 2 amide bonds. The number of aryl methyl sites for hydroxylation is 1. The van der Waals surface area contributed by atoms with E-state index < -0.39 is 34.3 Å². The van der Waals surface area contributed by atoms with Crippen LogP contribution in [-0.4, -0.2) is 43.8 Å². The fourth-order valence-corrected chi connectivity index (χ4v) is 6.30. The zero-order valence-corrected chi connectivity index (χ0v) is 24.1. The Labute approximate surface area is 240 Å². The Kier molecular flexibility index (Phi) is 9.48. The van der Waals surface area contributed by atoms with Crippen LogP contribution in [0.5, 0.6) is 0 Å². The van der Waals surface area contributed by atoms with E-state index in [2.05, 4.69) is 5.32 Å². The lowest BCUT2D eigenvalue weighted by Gasteiger charge is -2.32. The van der Waals surface area contributed by atoms with E-state index in [4.69, 9.17) is 11.6 Å². The highest BCUT2D eigenvalue weighted by Gasteiger charge is 2.33. The fourth-order valence-electron chi connectivity index (χ4n) is 4.76. The van der Waals surface area contributed by atoms with E-state index >= 15 is 0 Å². The van der Waals surface area contributed by atoms with E-state index in [9.17, 15) is 22.4 Å². The van der Waals surface area contributed by atoms with Crippen molar-refractivity contribution < 1.29 is 22.4 Å². The van der Waals surface area contributed by atoms with Gasteiger partial charge in [0.2, 0.25) is 11.8 Å². The smallest absolute Gasteiger partial charge is 0.264 e. The first kappa shape index (κ1) is 29.6. The van der Waals surface area contributed by atoms with Gasteiger partial charge in [-0.25, -0.2) is 12.8 Å². The van der Waals surface area contributed by atoms with Crippen LogP contribution in [0.3, 0.4) is 0 Å². The second kappa shape index (κ2) is 12.8. The van der Waals surface area contributed by atoms with E-state index in [0.29, 0.717) is 5.02 Å². The first-order valence-electron chi connectivity index (χ1n) is 13.2. The number of benzene rings is 3. The number of nitrogens with zero attached hydrogens (tertiary/aromatic N) is 2. The third-order valence-corrected chi connectivity index (χ3v) is 9.21. The molecule has 0 aromatic heterocycles. The molecule has 0 spiro atoms. The molecule has 40 heavy (non-hydrogen) atoms. The zero-order valence-electron chi connectivity index (χ0n) is 22.5. The average Bonchev–Trinajstić information content (AvgIpc) is 3.44. The Morgan fingerprint density at radius 2 is 1.62 bits per heavy atom. The molecule has 1 atom stereocenters. The first-order valence-corrected chi connectivity index (χ1v) is 15.1. The molecule has 212 valence electrons. The van der Waals surface area contributed by atoms with Crippen molar-refractivity contribution in [2.45, 2.75) is 63.1 Å². The Balaban J connectivity index is 1.69. The zero-order chi connectivity index (χ0) is 28.9. The molecule has 1 unspecified atom stereocenters. The maximum atomic E-state index is 14.7. The molecule has 1 fully saturated rings. The lowest BCUT2D eigenvalue weighted by molar-refractivity contribution is -0.139. The van der Waals surface area contributed by atoms with Gasteiger partial charge in [-0.15, -0.1) is 0 Å². The minimum Gasteiger partial charge on any atom is -0.352 e. The van der Waals surface area contributed by atoms with Crippen LogP contribution in [-0.2, 0) is 26.2 Å². The molecule has 0 saturated heterocycles. The molecular formula is C30H33ClFN3O4S. The number of nitrogens with one attached hydrogen (secondary N) is 1. The summed E-state index contributed by atoms with van der Waals surface area (Å²) in [4.78, 5) is 28.3. The predicted molar refractivity (Wildman–Crippen MR) is 154 cm³/mol. The van der Waals surface area contributed by atoms with Gasteiger partial charge in [0, 0.05) is 23.2 Å². The molecule has 0 radical (unpaired) electrons. The van der Waals surface area contributed by atoms with E-state index in [0.717, 1.165) is 35.6 Å². The molecule has 0 heterocycles. The van der Waals surface area contributed by atoms with Crippen LogP contribution < -0.4 is 9.62 Å². The predicted octanol–water partition coefficient (Wildman–Crippen LogP) is 5.46. The van der Waals surface area contributed by atoms with Crippen molar-refractivity contribution in [3.05, 3.63) is 94.8 Å². The normalized spacial score (nSPS) is 14.5. The Morgan fingerprint density at radius 1 is 1.00 bits per heavy atom. The number of anilines is 1. The average molecular weight is 586 g/mol. The third-order valence-electron chi connectivity index (χ3n) is 7.17. The Hall–Kier alpha value is -3.43. The van der Waals surface area contributed by atoms with Crippen molar-refractivity contribution >= 4 is 39.1 Å². The highest BCUT2D eigenvalue weighted by molar-refractivity contribution is 7.92. The number of amides is 2. The molecule has 1 N–H and O–H groups in total. The Bertz CT molecular complexity index is 1440. The van der Waals surface area contributed by atoms with Crippen LogP contribution in [0.2, 0.25) is 5.02 Å². The number of hydrogen-bond donors (Lipinski definition) is 1. The van der Waals surface area contributed by atoms with E-state index in [-0.39, 0.29) is 34.6 Å². The topological polar surface area (TPSA) is 86.8 Å². The maximum absolute atomic E-state index is 14.7. The van der Waals surface area contributed by atoms with Crippen molar-refractivity contribution in [2.24, 2.45) is 0 Å². The summed E-state index contributed by atoms with van der Waals surface area (Å²) < 4.78 is 43.3. The van der Waals surface area contributed by atoms with Crippen molar-refractivity contribution in [2.75, 3.05) is 10.8 Å². The minimum atomic E-state index is -4.21. The van der Waals surface area contributed by atoms with E-state index in [1.165, 1.54) is 35.2 Å². The highest BCUT2D eigenvalue weighted by atomic mass is 35.5. The number of hydrogen-bond acceptors (Lipinski definition) is 4. The molecule has 4 rings (SSSR count). The fraction of sp³-hybridized carbons (Fsp3) is 0.333. The third kappa shape index (κ3) is 7.01. The summed E-state index contributed by atoms with van der Waals surface area (Å²) in [5.41, 5.74) is 1.42. The van der Waals surface area contributed by atoms with Gasteiger partial charge in [-0.2, -0.15) is 0 Å². The van der Waals surface area contributed by atoms with Crippen LogP contribution >= 0.6 is 11.6 Å². The summed E-state index contributed by atoms with van der Waals surface area (Å²) >= 11 is 5.98. The highest BCUT2D eigenvalue weighted by Crippen LogP contribution is 2.26. The number of carbonyl (C=O) groups is 2. The number of carbonyl (C=O) groups excluding carboxylic acids is 2. The molecule has 0 bridgehead atoms. The van der Waals surface area contributed by atoms with E-state index in [1.807, 2.05) is 6.92 Å². The van der Waals surface area contributed by atoms with Gasteiger partial charge < -0.3 is 10.2 Å². The summed E-state index contributed by atoms with van der Waals surface area (Å²) in [5, 5.41) is 3.37. The van der Waals surface area contributed by atoms with Crippen molar-refractivity contribution in [1.82, 2.24) is 10.2 Å². The number of sulfonamides is 1. The molecule has 1 saturated carbocycles. The maximum Gasteiger partial charge on any atom is 0.264 e. The first-order chi connectivity index (χ1) is 19.1. The van der Waals surface area contributed by atoms with E-state index in [1.54, 1.807) is 49.4 Å². The van der Waals surface area contributed by atoms with Gasteiger partial charge in [0.25, 0.3) is 10.0 Å². The number of rotatable bonds is 10. The van der Waals surface area contributed by atoms with Crippen LogP contribution in [0.4, 0.5) is 10.1 Å². The molecule has 1 aliphatic rings. The van der Waals surface area contributed by atoms with Gasteiger partial charge in [0.1, 0.15) is 18.4 Å². The van der Waals surface area contributed by atoms with Crippen LogP contribution in [0, 0.1) is 12.7 Å². The van der Waals surface area contributed by atoms with Crippen molar-refractivity contribution in [1.29, 1.82) is 0 Å². The summed E-state index contributed by atoms with van der Waals surface area (Å²) in [6, 6.07) is 17.5. The van der Waals surface area contributed by atoms with Crippen LogP contribution in [0.25, 0.3) is 0 Å². The van der Waals surface area contributed by atoms with Gasteiger partial charge in [0.15, 0.2) is 0 Å². The molecule has 3 aromatic carbocycles. The van der Waals surface area contributed by atoms with Gasteiger partial charge in [0.05, 0.1) is 10.6 Å². The van der Waals surface area contributed by atoms with Gasteiger partial charge in [-0.05, 0) is 69.2 Å². The summed E-state index contributed by atoms with van der Waals surface area (Å²) in [5.74, 6) is -1.53. The van der Waals surface area contributed by atoms with Crippen molar-refractivity contribution in [3.8, 4) is 0 Å². The lowest BCUT2D eigenvalue weighted by atomic mass is 10.1. The largest absolute Gasteiger partial charge is 0.352 e. The molecular weight excluding hydrogens is 553 g/mol. The summed E-state index contributed by atoms with van der Waals surface area (Å²) in [6.07, 6.45) is 3.76. The monoisotopic (exact) mass is 585 g/mol. The number of halogens is 2. The molecule has 7 nitrogen and oxygen atoms in total. The SMILES string of the molecule is Cc1ccc(N(CC(=O)N(Cc2ccccc2F)C(C)C(=O)NC2CCCC2)S(=O)(=O)c2ccc(Cl)cc2)cc1. The molecule has 0 aliphatic heterocycles. The van der Waals surface area contributed by atoms with Crippen molar-refractivity contribution in [3.63, 3.8) is 0 Å². The lowest BCUT2D eigenvalue weighted by Crippen LogP contribution is -2.52. The van der Waals surface area contributed by atoms with Crippen LogP contribution in [0.1, 0.15) is 43.7 Å². The summed E-state index contributed by atoms with van der Waals surface area (Å²) in [6.45, 7) is 2.65. The second-order valence-corrected chi connectivity index (χ2v) is 12.4. The quantitative estimate of drug-likeness (QED) is 0.342. The standard InChI is InChI=1S/C30H33ClFN3O4S/c1-21-11-15-26(16-12-21)35(40(38,39)27-17-13-24(31)14-18-27)20-29(36)34(19-23-7-3-6-10-28(23)32)22(2)30(37)33-25-8-4-5-9-25/h3,6-7,10-18,22,25H,4-5,8-9,19-20H2,1-2H3,(H,33,37). The molecule has 1 aliphatic carbocycles. The second-order valence-electron chi connectivity index (χ2n) is 10.1.